The summed E-state index contributed by atoms with van der Waals surface area (Å²) < 4.78 is 0. The van der Waals surface area contributed by atoms with Crippen LogP contribution in [-0.2, 0) is 9.59 Å². The van der Waals surface area contributed by atoms with Gasteiger partial charge in [0.1, 0.15) is 0 Å². The van der Waals surface area contributed by atoms with Gasteiger partial charge in [0.15, 0.2) is 0 Å². The van der Waals surface area contributed by atoms with Gasteiger partial charge in [0.25, 0.3) is 0 Å². The SMILES string of the molecule is CC(C)=CC(CCO)(CC(=O)O)C(=O)O. The van der Waals surface area contributed by atoms with Gasteiger partial charge >= 0.3 is 11.9 Å². The summed E-state index contributed by atoms with van der Waals surface area (Å²) in [6, 6.07) is 0. The smallest absolute Gasteiger partial charge is 0.314 e. The van der Waals surface area contributed by atoms with Gasteiger partial charge in [-0.1, -0.05) is 11.6 Å². The number of hydrogen-bond donors (Lipinski definition) is 3. The van der Waals surface area contributed by atoms with E-state index in [4.69, 9.17) is 15.3 Å². The Kier molecular flexibility index (Phi) is 5.00. The third kappa shape index (κ3) is 4.12. The molecule has 0 saturated carbocycles. The van der Waals surface area contributed by atoms with Gasteiger partial charge in [-0.25, -0.2) is 0 Å². The largest absolute Gasteiger partial charge is 0.481 e. The molecule has 0 aromatic rings. The molecule has 0 spiro atoms. The molecule has 0 rings (SSSR count). The van der Waals surface area contributed by atoms with Gasteiger partial charge in [-0.3, -0.25) is 9.59 Å². The van der Waals surface area contributed by atoms with E-state index in [-0.39, 0.29) is 13.0 Å². The molecule has 1 atom stereocenters. The molecule has 3 N–H and O–H groups in total. The van der Waals surface area contributed by atoms with Gasteiger partial charge in [0.2, 0.25) is 0 Å². The Balaban J connectivity index is 5.16. The summed E-state index contributed by atoms with van der Waals surface area (Å²) >= 11 is 0. The average Bonchev–Trinajstić information content (AvgIpc) is 2.01. The first-order chi connectivity index (χ1) is 6.84. The molecule has 0 radical (unpaired) electrons. The highest BCUT2D eigenvalue weighted by molar-refractivity contribution is 5.83. The first-order valence-electron chi connectivity index (χ1n) is 4.56. The molecule has 1 unspecified atom stereocenters. The molecule has 0 aliphatic heterocycles. The number of carbonyl (C=O) groups is 2. The van der Waals surface area contributed by atoms with Crippen molar-refractivity contribution in [2.45, 2.75) is 26.7 Å². The van der Waals surface area contributed by atoms with Crippen LogP contribution in [0.2, 0.25) is 0 Å². The van der Waals surface area contributed by atoms with E-state index in [2.05, 4.69) is 0 Å². The van der Waals surface area contributed by atoms with Crippen LogP contribution in [0.1, 0.15) is 26.7 Å². The lowest BCUT2D eigenvalue weighted by molar-refractivity contribution is -0.153. The van der Waals surface area contributed by atoms with Crippen LogP contribution in [0.15, 0.2) is 11.6 Å². The fraction of sp³-hybridized carbons (Fsp3) is 0.600. The highest BCUT2D eigenvalue weighted by Crippen LogP contribution is 2.30. The summed E-state index contributed by atoms with van der Waals surface area (Å²) in [4.78, 5) is 21.7. The standard InChI is InChI=1S/C10H16O5/c1-7(2)5-10(3-4-11,9(14)15)6-8(12)13/h5,11H,3-4,6H2,1-2H3,(H,12,13)(H,14,15). The maximum Gasteiger partial charge on any atom is 0.314 e. The molecule has 0 aliphatic carbocycles. The molecule has 0 amide bonds. The van der Waals surface area contributed by atoms with Crippen LogP contribution >= 0.6 is 0 Å². The number of aliphatic hydroxyl groups is 1. The normalized spacial score (nSPS) is 14.1. The summed E-state index contributed by atoms with van der Waals surface area (Å²) in [5, 5.41) is 26.5. The van der Waals surface area contributed by atoms with Crippen LogP contribution in [0.3, 0.4) is 0 Å². The molecular formula is C10H16O5. The third-order valence-electron chi connectivity index (χ3n) is 2.02. The number of hydrogen-bond acceptors (Lipinski definition) is 3. The Morgan fingerprint density at radius 1 is 1.27 bits per heavy atom. The zero-order valence-electron chi connectivity index (χ0n) is 8.86. The fourth-order valence-electron chi connectivity index (χ4n) is 1.48. The van der Waals surface area contributed by atoms with Crippen molar-refractivity contribution in [3.63, 3.8) is 0 Å². The van der Waals surface area contributed by atoms with E-state index >= 15 is 0 Å². The summed E-state index contributed by atoms with van der Waals surface area (Å²) in [6.45, 7) is 3.02. The molecule has 0 saturated heterocycles. The Morgan fingerprint density at radius 2 is 1.80 bits per heavy atom. The van der Waals surface area contributed by atoms with E-state index in [1.165, 1.54) is 6.08 Å². The quantitative estimate of drug-likeness (QED) is 0.573. The minimum atomic E-state index is -1.50. The van der Waals surface area contributed by atoms with Gasteiger partial charge in [-0.05, 0) is 20.3 Å². The van der Waals surface area contributed by atoms with E-state index < -0.39 is 23.8 Å². The number of aliphatic carboxylic acids is 2. The number of allylic oxidation sites excluding steroid dienone is 1. The lowest BCUT2D eigenvalue weighted by Gasteiger charge is -2.23. The van der Waals surface area contributed by atoms with Crippen molar-refractivity contribution in [2.24, 2.45) is 5.41 Å². The summed E-state index contributed by atoms with van der Waals surface area (Å²) in [6.07, 6.45) is 0.771. The zero-order valence-corrected chi connectivity index (χ0v) is 8.86. The predicted octanol–water partition coefficient (Wildman–Crippen LogP) is 0.881. The minimum Gasteiger partial charge on any atom is -0.481 e. The Bertz CT molecular complexity index is 278. The molecule has 15 heavy (non-hydrogen) atoms. The van der Waals surface area contributed by atoms with Crippen LogP contribution in [0, 0.1) is 5.41 Å². The van der Waals surface area contributed by atoms with Gasteiger partial charge in [-0.15, -0.1) is 0 Å². The Hall–Kier alpha value is -1.36. The topological polar surface area (TPSA) is 94.8 Å². The molecule has 5 nitrogen and oxygen atoms in total. The van der Waals surface area contributed by atoms with Gasteiger partial charge in [0.05, 0.1) is 11.8 Å². The van der Waals surface area contributed by atoms with E-state index in [1.54, 1.807) is 13.8 Å². The second-order valence-electron chi connectivity index (χ2n) is 3.73. The summed E-state index contributed by atoms with van der Waals surface area (Å²) in [5.41, 5.74) is -0.786. The van der Waals surface area contributed by atoms with Crippen molar-refractivity contribution >= 4 is 11.9 Å². The molecule has 5 heteroatoms. The Labute approximate surface area is 88.0 Å². The van der Waals surface area contributed by atoms with E-state index in [1.807, 2.05) is 0 Å². The maximum atomic E-state index is 11.1. The Morgan fingerprint density at radius 3 is 2.07 bits per heavy atom. The van der Waals surface area contributed by atoms with Crippen molar-refractivity contribution in [2.75, 3.05) is 6.61 Å². The van der Waals surface area contributed by atoms with E-state index in [9.17, 15) is 9.59 Å². The zero-order chi connectivity index (χ0) is 12.1. The number of rotatable bonds is 6. The van der Waals surface area contributed by atoms with Crippen LogP contribution < -0.4 is 0 Å². The molecule has 0 heterocycles. The summed E-state index contributed by atoms with van der Waals surface area (Å²) in [5.74, 6) is -2.41. The molecule has 0 bridgehead atoms. The minimum absolute atomic E-state index is 0.0974. The van der Waals surface area contributed by atoms with Crippen molar-refractivity contribution in [1.82, 2.24) is 0 Å². The molecule has 0 aromatic carbocycles. The van der Waals surface area contributed by atoms with Crippen molar-refractivity contribution in [3.8, 4) is 0 Å². The predicted molar refractivity (Wildman–Crippen MR) is 53.5 cm³/mol. The van der Waals surface area contributed by atoms with Crippen LogP contribution in [0.25, 0.3) is 0 Å². The fourth-order valence-corrected chi connectivity index (χ4v) is 1.48. The van der Waals surface area contributed by atoms with E-state index in [0.29, 0.717) is 5.57 Å². The second kappa shape index (κ2) is 5.50. The molecule has 0 aromatic heterocycles. The molecule has 0 aliphatic rings. The second-order valence-corrected chi connectivity index (χ2v) is 3.73. The highest BCUT2D eigenvalue weighted by atomic mass is 16.4. The van der Waals surface area contributed by atoms with E-state index in [0.717, 1.165) is 0 Å². The lowest BCUT2D eigenvalue weighted by Crippen LogP contribution is -2.33. The number of carboxylic acids is 2. The number of aliphatic hydroxyl groups excluding tert-OH is 1. The first-order valence-corrected chi connectivity index (χ1v) is 4.56. The van der Waals surface area contributed by atoms with Crippen LogP contribution in [0.5, 0.6) is 0 Å². The lowest BCUT2D eigenvalue weighted by atomic mass is 9.80. The molecular weight excluding hydrogens is 200 g/mol. The van der Waals surface area contributed by atoms with Gasteiger partial charge in [0, 0.05) is 6.61 Å². The molecule has 86 valence electrons. The first kappa shape index (κ1) is 13.6. The highest BCUT2D eigenvalue weighted by Gasteiger charge is 2.38. The summed E-state index contributed by atoms with van der Waals surface area (Å²) in [7, 11) is 0. The van der Waals surface area contributed by atoms with Crippen LogP contribution in [0.4, 0.5) is 0 Å². The maximum absolute atomic E-state index is 11.1. The van der Waals surface area contributed by atoms with Crippen molar-refractivity contribution < 1.29 is 24.9 Å². The van der Waals surface area contributed by atoms with Crippen molar-refractivity contribution in [3.05, 3.63) is 11.6 Å². The molecule has 0 fully saturated rings. The number of carboxylic acid groups (broad SMARTS) is 2. The van der Waals surface area contributed by atoms with Gasteiger partial charge in [-0.2, -0.15) is 0 Å². The third-order valence-corrected chi connectivity index (χ3v) is 2.02. The van der Waals surface area contributed by atoms with Crippen molar-refractivity contribution in [1.29, 1.82) is 0 Å². The van der Waals surface area contributed by atoms with Gasteiger partial charge < -0.3 is 15.3 Å². The average molecular weight is 216 g/mol. The monoisotopic (exact) mass is 216 g/mol. The van der Waals surface area contributed by atoms with Crippen LogP contribution in [-0.4, -0.2) is 33.9 Å².